The molecular formula is C14H19FN2S. The Kier molecular flexibility index (Phi) is 4.27. The van der Waals surface area contributed by atoms with E-state index in [0.29, 0.717) is 16.9 Å². The number of nitrogens with zero attached hydrogens (tertiary/aromatic N) is 1. The van der Waals surface area contributed by atoms with Gasteiger partial charge in [0.05, 0.1) is 12.2 Å². The van der Waals surface area contributed by atoms with Crippen molar-refractivity contribution in [3.05, 3.63) is 29.6 Å². The van der Waals surface area contributed by atoms with Gasteiger partial charge < -0.3 is 5.32 Å². The molecule has 0 saturated carbocycles. The molecule has 98 valence electrons. The first-order valence-electron chi connectivity index (χ1n) is 6.29. The van der Waals surface area contributed by atoms with Gasteiger partial charge in [0.2, 0.25) is 0 Å². The van der Waals surface area contributed by atoms with Crippen LogP contribution < -0.4 is 5.32 Å². The van der Waals surface area contributed by atoms with Gasteiger partial charge in [-0.1, -0.05) is 37.7 Å². The Morgan fingerprint density at radius 3 is 2.94 bits per heavy atom. The van der Waals surface area contributed by atoms with Crippen molar-refractivity contribution in [2.45, 2.75) is 32.4 Å². The molecule has 18 heavy (non-hydrogen) atoms. The maximum absolute atomic E-state index is 13.7. The molecule has 1 aliphatic rings. The van der Waals surface area contributed by atoms with Gasteiger partial charge in [0.15, 0.2) is 5.17 Å². The fourth-order valence-corrected chi connectivity index (χ4v) is 3.29. The number of halogens is 1. The number of hydrogen-bond acceptors (Lipinski definition) is 3. The number of rotatable bonds is 3. The maximum atomic E-state index is 13.7. The number of nitrogens with one attached hydrogen (secondary N) is 1. The van der Waals surface area contributed by atoms with Gasteiger partial charge in [0.25, 0.3) is 0 Å². The predicted molar refractivity (Wildman–Crippen MR) is 77.9 cm³/mol. The summed E-state index contributed by atoms with van der Waals surface area (Å²) in [6, 6.07) is 5.10. The van der Waals surface area contributed by atoms with Crippen LogP contribution in [-0.2, 0) is 0 Å². The van der Waals surface area contributed by atoms with Crippen molar-refractivity contribution in [1.82, 2.24) is 0 Å². The lowest BCUT2D eigenvalue weighted by Crippen LogP contribution is -2.11. The zero-order valence-corrected chi connectivity index (χ0v) is 11.9. The molecule has 2 rings (SSSR count). The van der Waals surface area contributed by atoms with E-state index in [9.17, 15) is 4.39 Å². The molecule has 0 amide bonds. The molecule has 0 bridgehead atoms. The van der Waals surface area contributed by atoms with Crippen molar-refractivity contribution >= 4 is 22.6 Å². The molecule has 0 spiro atoms. The van der Waals surface area contributed by atoms with E-state index < -0.39 is 0 Å². The van der Waals surface area contributed by atoms with Crippen LogP contribution in [0.15, 0.2) is 23.2 Å². The van der Waals surface area contributed by atoms with Gasteiger partial charge in [0, 0.05) is 5.25 Å². The van der Waals surface area contributed by atoms with E-state index in [1.165, 1.54) is 6.07 Å². The first-order valence-corrected chi connectivity index (χ1v) is 7.17. The second-order valence-electron chi connectivity index (χ2n) is 5.07. The highest BCUT2D eigenvalue weighted by Gasteiger charge is 2.21. The lowest BCUT2D eigenvalue weighted by molar-refractivity contribution is 0.575. The van der Waals surface area contributed by atoms with Gasteiger partial charge in [-0.3, -0.25) is 4.99 Å². The molecule has 0 aliphatic carbocycles. The van der Waals surface area contributed by atoms with E-state index in [2.05, 4.69) is 24.2 Å². The summed E-state index contributed by atoms with van der Waals surface area (Å²) in [5.74, 6) is 0.456. The Bertz CT molecular complexity index is 437. The first kappa shape index (κ1) is 13.4. The summed E-state index contributed by atoms with van der Waals surface area (Å²) in [6.45, 7) is 7.16. The van der Waals surface area contributed by atoms with Crippen molar-refractivity contribution in [2.75, 3.05) is 11.9 Å². The molecule has 1 heterocycles. The molecule has 0 fully saturated rings. The average molecular weight is 266 g/mol. The molecule has 0 saturated heterocycles. The van der Waals surface area contributed by atoms with Crippen LogP contribution in [0.3, 0.4) is 0 Å². The Labute approximate surface area is 112 Å². The van der Waals surface area contributed by atoms with Gasteiger partial charge in [-0.25, -0.2) is 4.39 Å². The molecule has 1 aliphatic heterocycles. The normalized spacial score (nSPS) is 19.2. The van der Waals surface area contributed by atoms with Crippen molar-refractivity contribution in [3.63, 3.8) is 0 Å². The monoisotopic (exact) mass is 266 g/mol. The van der Waals surface area contributed by atoms with Crippen LogP contribution in [0.4, 0.5) is 10.1 Å². The SMILES string of the molecule is Cc1cccc(F)c1NC1=NCC(CC(C)C)S1. The third kappa shape index (κ3) is 3.25. The molecule has 1 N–H and O–H groups in total. The fourth-order valence-electron chi connectivity index (χ4n) is 2.03. The minimum atomic E-state index is -0.217. The third-order valence-corrected chi connectivity index (χ3v) is 4.03. The quantitative estimate of drug-likeness (QED) is 0.892. The molecular weight excluding hydrogens is 247 g/mol. The minimum Gasteiger partial charge on any atom is -0.332 e. The molecule has 1 unspecified atom stereocenters. The topological polar surface area (TPSA) is 24.4 Å². The highest BCUT2D eigenvalue weighted by atomic mass is 32.2. The van der Waals surface area contributed by atoms with Crippen molar-refractivity contribution in [3.8, 4) is 0 Å². The van der Waals surface area contributed by atoms with E-state index in [4.69, 9.17) is 0 Å². The molecule has 1 aromatic carbocycles. The van der Waals surface area contributed by atoms with Crippen LogP contribution in [-0.4, -0.2) is 17.0 Å². The van der Waals surface area contributed by atoms with Crippen LogP contribution in [0.25, 0.3) is 0 Å². The Morgan fingerprint density at radius 1 is 1.50 bits per heavy atom. The highest BCUT2D eigenvalue weighted by molar-refractivity contribution is 8.15. The Balaban J connectivity index is 1.99. The predicted octanol–water partition coefficient (Wildman–Crippen LogP) is 4.06. The number of benzene rings is 1. The second kappa shape index (κ2) is 5.74. The van der Waals surface area contributed by atoms with Crippen LogP contribution in [0.1, 0.15) is 25.8 Å². The lowest BCUT2D eigenvalue weighted by Gasteiger charge is -2.12. The Morgan fingerprint density at radius 2 is 2.28 bits per heavy atom. The standard InChI is InChI=1S/C14H19FN2S/c1-9(2)7-11-8-16-14(18-11)17-13-10(3)5-4-6-12(13)15/h4-6,9,11H,7-8H2,1-3H3,(H,16,17). The number of para-hydroxylation sites is 1. The van der Waals surface area contributed by atoms with Crippen LogP contribution in [0, 0.1) is 18.7 Å². The van der Waals surface area contributed by atoms with Crippen molar-refractivity contribution in [1.29, 1.82) is 0 Å². The van der Waals surface area contributed by atoms with Crippen LogP contribution in [0.2, 0.25) is 0 Å². The minimum absolute atomic E-state index is 0.217. The van der Waals surface area contributed by atoms with Gasteiger partial charge >= 0.3 is 0 Å². The Hall–Kier alpha value is -1.03. The molecule has 0 radical (unpaired) electrons. The summed E-state index contributed by atoms with van der Waals surface area (Å²) in [7, 11) is 0. The smallest absolute Gasteiger partial charge is 0.161 e. The molecule has 2 nitrogen and oxygen atoms in total. The number of anilines is 1. The molecule has 4 heteroatoms. The van der Waals surface area contributed by atoms with Gasteiger partial charge in [-0.15, -0.1) is 0 Å². The number of amidine groups is 1. The molecule has 1 atom stereocenters. The maximum Gasteiger partial charge on any atom is 0.161 e. The fraction of sp³-hybridized carbons (Fsp3) is 0.500. The van der Waals surface area contributed by atoms with Crippen molar-refractivity contribution in [2.24, 2.45) is 10.9 Å². The summed E-state index contributed by atoms with van der Waals surface area (Å²) >= 11 is 1.72. The van der Waals surface area contributed by atoms with E-state index in [-0.39, 0.29) is 5.82 Å². The van der Waals surface area contributed by atoms with Crippen LogP contribution >= 0.6 is 11.8 Å². The number of aryl methyl sites for hydroxylation is 1. The van der Waals surface area contributed by atoms with Gasteiger partial charge in [-0.2, -0.15) is 0 Å². The van der Waals surface area contributed by atoms with E-state index >= 15 is 0 Å². The summed E-state index contributed by atoms with van der Waals surface area (Å²) < 4.78 is 13.7. The van der Waals surface area contributed by atoms with Crippen molar-refractivity contribution < 1.29 is 4.39 Å². The van der Waals surface area contributed by atoms with E-state index in [0.717, 1.165) is 23.7 Å². The summed E-state index contributed by atoms with van der Waals surface area (Å²) in [5.41, 5.74) is 1.46. The summed E-state index contributed by atoms with van der Waals surface area (Å²) in [5, 5.41) is 4.49. The number of thioether (sulfide) groups is 1. The highest BCUT2D eigenvalue weighted by Crippen LogP contribution is 2.29. The number of hydrogen-bond donors (Lipinski definition) is 1. The van der Waals surface area contributed by atoms with Crippen LogP contribution in [0.5, 0.6) is 0 Å². The zero-order valence-electron chi connectivity index (χ0n) is 11.0. The molecule has 0 aromatic heterocycles. The lowest BCUT2D eigenvalue weighted by atomic mass is 10.1. The summed E-state index contributed by atoms with van der Waals surface area (Å²) in [6.07, 6.45) is 1.15. The van der Waals surface area contributed by atoms with Gasteiger partial charge in [-0.05, 0) is 30.9 Å². The molecule has 1 aromatic rings. The third-order valence-electron chi connectivity index (χ3n) is 2.90. The zero-order chi connectivity index (χ0) is 13.1. The average Bonchev–Trinajstić information content (AvgIpc) is 2.70. The largest absolute Gasteiger partial charge is 0.332 e. The van der Waals surface area contributed by atoms with E-state index in [1.807, 2.05) is 13.0 Å². The van der Waals surface area contributed by atoms with Gasteiger partial charge in [0.1, 0.15) is 5.82 Å². The number of aliphatic imine (C=N–C) groups is 1. The summed E-state index contributed by atoms with van der Waals surface area (Å²) in [4.78, 5) is 4.45. The van der Waals surface area contributed by atoms with E-state index in [1.54, 1.807) is 17.8 Å². The second-order valence-corrected chi connectivity index (χ2v) is 6.36. The first-order chi connectivity index (χ1) is 8.56.